The van der Waals surface area contributed by atoms with Crippen molar-refractivity contribution in [1.82, 2.24) is 0 Å². The van der Waals surface area contributed by atoms with Gasteiger partial charge in [0, 0.05) is 0 Å². The van der Waals surface area contributed by atoms with Gasteiger partial charge in [0.15, 0.2) is 0 Å². The van der Waals surface area contributed by atoms with E-state index in [1.54, 1.807) is 0 Å². The van der Waals surface area contributed by atoms with Gasteiger partial charge >= 0.3 is 0 Å². The largest absolute Gasteiger partial charge is 0.392 e. The van der Waals surface area contributed by atoms with Crippen molar-refractivity contribution in [3.8, 4) is 0 Å². The van der Waals surface area contributed by atoms with Gasteiger partial charge in [-0.25, -0.2) is 0 Å². The lowest BCUT2D eigenvalue weighted by Crippen LogP contribution is -1.98. The molecule has 0 aliphatic heterocycles. The van der Waals surface area contributed by atoms with Gasteiger partial charge in [-0.2, -0.15) is 0 Å². The van der Waals surface area contributed by atoms with Gasteiger partial charge in [0.2, 0.25) is 0 Å². The van der Waals surface area contributed by atoms with E-state index in [1.807, 2.05) is 18.2 Å². The highest BCUT2D eigenvalue weighted by molar-refractivity contribution is 6.18. The van der Waals surface area contributed by atoms with E-state index in [0.717, 1.165) is 32.8 Å². The fraction of sp³-hybridized carbons (Fsp3) is 0.111. The zero-order valence-corrected chi connectivity index (χ0v) is 10.9. The van der Waals surface area contributed by atoms with Crippen molar-refractivity contribution in [3.05, 3.63) is 58.7 Å². The summed E-state index contributed by atoms with van der Waals surface area (Å²) in [5, 5.41) is 23.9. The van der Waals surface area contributed by atoms with Crippen LogP contribution in [0.2, 0.25) is 0 Å². The Labute approximate surface area is 116 Å². The van der Waals surface area contributed by atoms with Crippen LogP contribution in [0.4, 0.5) is 0 Å². The minimum atomic E-state index is -0.0554. The Kier molecular flexibility index (Phi) is 2.43. The average Bonchev–Trinajstić information content (AvgIpc) is 2.90. The van der Waals surface area contributed by atoms with E-state index >= 15 is 0 Å². The van der Waals surface area contributed by atoms with Gasteiger partial charge in [-0.15, -0.1) is 0 Å². The maximum atomic E-state index is 9.78. The number of aliphatic hydroxyl groups excluding tert-OH is 2. The van der Waals surface area contributed by atoms with Gasteiger partial charge in [0.05, 0.1) is 13.2 Å². The molecule has 3 aromatic rings. The van der Waals surface area contributed by atoms with Gasteiger partial charge < -0.3 is 10.2 Å². The van der Waals surface area contributed by atoms with Crippen molar-refractivity contribution in [2.24, 2.45) is 0 Å². The summed E-state index contributed by atoms with van der Waals surface area (Å²) in [5.41, 5.74) is 3.96. The fourth-order valence-corrected chi connectivity index (χ4v) is 3.27. The summed E-state index contributed by atoms with van der Waals surface area (Å²) in [6, 6.07) is 12.4. The molecule has 0 heterocycles. The predicted octanol–water partition coefficient (Wildman–Crippen LogP) is 3.46. The lowest BCUT2D eigenvalue weighted by atomic mass is 9.91. The molecule has 4 rings (SSSR count). The number of hydrogen-bond donors (Lipinski definition) is 2. The first-order chi connectivity index (χ1) is 9.83. The molecule has 0 radical (unpaired) electrons. The zero-order chi connectivity index (χ0) is 13.7. The Balaban J connectivity index is 2.32. The normalized spacial score (nSPS) is 12.7. The van der Waals surface area contributed by atoms with Crippen molar-refractivity contribution >= 4 is 33.7 Å². The molecule has 0 aromatic heterocycles. The summed E-state index contributed by atoms with van der Waals surface area (Å²) >= 11 is 0. The Hall–Kier alpha value is -2.16. The van der Waals surface area contributed by atoms with E-state index in [-0.39, 0.29) is 13.2 Å². The fourth-order valence-electron chi connectivity index (χ4n) is 3.27. The van der Waals surface area contributed by atoms with Gasteiger partial charge in [-0.3, -0.25) is 0 Å². The molecule has 2 N–H and O–H groups in total. The third kappa shape index (κ3) is 1.40. The zero-order valence-electron chi connectivity index (χ0n) is 10.9. The average molecular weight is 262 g/mol. The minimum absolute atomic E-state index is 0.0504. The molecule has 0 atom stereocenters. The lowest BCUT2D eigenvalue weighted by molar-refractivity contribution is 0.261. The molecule has 0 amide bonds. The van der Waals surface area contributed by atoms with Crippen LogP contribution in [0.15, 0.2) is 36.4 Å². The van der Waals surface area contributed by atoms with E-state index in [0.29, 0.717) is 0 Å². The smallest absolute Gasteiger partial charge is 0.0691 e. The molecule has 3 aromatic carbocycles. The summed E-state index contributed by atoms with van der Waals surface area (Å²) in [6.45, 7) is -0.106. The first-order valence-electron chi connectivity index (χ1n) is 6.73. The first-order valence-corrected chi connectivity index (χ1v) is 6.73. The molecule has 0 unspecified atom stereocenters. The molecule has 98 valence electrons. The molecule has 2 nitrogen and oxygen atoms in total. The highest BCUT2D eigenvalue weighted by Gasteiger charge is 2.17. The maximum absolute atomic E-state index is 9.78. The van der Waals surface area contributed by atoms with Crippen molar-refractivity contribution in [2.45, 2.75) is 13.2 Å². The summed E-state index contributed by atoms with van der Waals surface area (Å²) in [5.74, 6) is 0. The Morgan fingerprint density at radius 3 is 2.30 bits per heavy atom. The van der Waals surface area contributed by atoms with Crippen LogP contribution in [0.3, 0.4) is 0 Å². The predicted molar refractivity (Wildman–Crippen MR) is 82.2 cm³/mol. The number of benzene rings is 3. The van der Waals surface area contributed by atoms with Crippen LogP contribution in [-0.4, -0.2) is 10.2 Å². The Bertz CT molecular complexity index is 876. The summed E-state index contributed by atoms with van der Waals surface area (Å²) in [7, 11) is 0. The monoisotopic (exact) mass is 262 g/mol. The highest BCUT2D eigenvalue weighted by atomic mass is 16.3. The van der Waals surface area contributed by atoms with Crippen LogP contribution in [0.25, 0.3) is 33.7 Å². The van der Waals surface area contributed by atoms with Crippen molar-refractivity contribution in [3.63, 3.8) is 0 Å². The third-order valence-electron chi connectivity index (χ3n) is 4.16. The van der Waals surface area contributed by atoms with Crippen molar-refractivity contribution in [2.75, 3.05) is 0 Å². The van der Waals surface area contributed by atoms with E-state index in [4.69, 9.17) is 0 Å². The molecule has 20 heavy (non-hydrogen) atoms. The number of rotatable bonds is 2. The Morgan fingerprint density at radius 1 is 0.800 bits per heavy atom. The van der Waals surface area contributed by atoms with Crippen LogP contribution in [0.1, 0.15) is 22.3 Å². The van der Waals surface area contributed by atoms with Gasteiger partial charge in [-0.1, -0.05) is 36.4 Å². The van der Waals surface area contributed by atoms with Crippen LogP contribution in [0, 0.1) is 0 Å². The van der Waals surface area contributed by atoms with Gasteiger partial charge in [-0.05, 0) is 55.9 Å². The van der Waals surface area contributed by atoms with Crippen LogP contribution in [0.5, 0.6) is 0 Å². The second-order valence-corrected chi connectivity index (χ2v) is 5.19. The SMILES string of the molecule is OCc1cc2c3c(cc4ccccc4c3c1CO)C=C2. The Morgan fingerprint density at radius 2 is 1.55 bits per heavy atom. The molecule has 2 heteroatoms. The second-order valence-electron chi connectivity index (χ2n) is 5.19. The summed E-state index contributed by atoms with van der Waals surface area (Å²) < 4.78 is 0. The molecule has 0 bridgehead atoms. The molecule has 0 spiro atoms. The molecule has 0 saturated carbocycles. The van der Waals surface area contributed by atoms with Gasteiger partial charge in [0.1, 0.15) is 0 Å². The standard InChI is InChI=1S/C18H14O2/c19-9-14-8-13-6-5-12-7-11-3-1-2-4-15(11)18(17(12)13)16(14)10-20/h1-8,19-20H,9-10H2. The minimum Gasteiger partial charge on any atom is -0.392 e. The van der Waals surface area contributed by atoms with E-state index in [2.05, 4.69) is 30.4 Å². The van der Waals surface area contributed by atoms with E-state index < -0.39 is 0 Å². The molecule has 0 saturated heterocycles. The lowest BCUT2D eigenvalue weighted by Gasteiger charge is -2.14. The molecule has 1 aliphatic rings. The van der Waals surface area contributed by atoms with Crippen LogP contribution < -0.4 is 0 Å². The number of hydrogen-bond acceptors (Lipinski definition) is 2. The number of aliphatic hydroxyl groups is 2. The molecule has 0 fully saturated rings. The molecular weight excluding hydrogens is 248 g/mol. The first kappa shape index (κ1) is 11.6. The number of fused-ring (bicyclic) bond motifs is 2. The van der Waals surface area contributed by atoms with Crippen LogP contribution >= 0.6 is 0 Å². The summed E-state index contributed by atoms with van der Waals surface area (Å²) in [6.07, 6.45) is 4.18. The van der Waals surface area contributed by atoms with E-state index in [1.165, 1.54) is 10.9 Å². The van der Waals surface area contributed by atoms with Crippen LogP contribution in [-0.2, 0) is 13.2 Å². The maximum Gasteiger partial charge on any atom is 0.0691 e. The van der Waals surface area contributed by atoms with Crippen molar-refractivity contribution in [1.29, 1.82) is 0 Å². The molecular formula is C18H14O2. The van der Waals surface area contributed by atoms with Gasteiger partial charge in [0.25, 0.3) is 0 Å². The van der Waals surface area contributed by atoms with Crippen molar-refractivity contribution < 1.29 is 10.2 Å². The molecule has 1 aliphatic carbocycles. The highest BCUT2D eigenvalue weighted by Crippen LogP contribution is 2.39. The van der Waals surface area contributed by atoms with E-state index in [9.17, 15) is 10.2 Å². The third-order valence-corrected chi connectivity index (χ3v) is 4.16. The topological polar surface area (TPSA) is 40.5 Å². The second kappa shape index (κ2) is 4.17. The summed E-state index contributed by atoms with van der Waals surface area (Å²) in [4.78, 5) is 0. The quantitative estimate of drug-likeness (QED) is 0.543.